The Bertz CT molecular complexity index is 2600. The second-order valence-corrected chi connectivity index (χ2v) is 21.1. The number of benzene rings is 2. The van der Waals surface area contributed by atoms with Gasteiger partial charge in [-0.15, -0.1) is 0 Å². The smallest absolute Gasteiger partial charge is 0.408 e. The molecule has 0 spiro atoms. The van der Waals surface area contributed by atoms with E-state index in [0.29, 0.717) is 55.6 Å². The van der Waals surface area contributed by atoms with Gasteiger partial charge in [0.15, 0.2) is 0 Å². The standard InChI is InChI=1S/C55H75N11O13/c1-54(2,3)79-53(77)60-30-9-6-4-5-8-28-57-40-16-12-15-38-39(40)33-65(47(38)71)42-22-23-45(69)66(48(42)72)35-61-52(76)78-34-36-18-20-37(21-19-36)62-46(70)41(17-13-31-59-51(56)75)63-50(74)55(26-14-27-55)49(73)58-29-10-7-11-32-64-43(67)24-25-44(64)68/h12,15-16,18-21,24-25,41-42,57H,4-11,13-14,17,22-23,26-35H2,1-3H3,(H,58,73)(H,60,77)(H,61,76)(H,62,70)(H,63,74)(H3,56,59,75)/t41-,42?/m0/s1. The van der Waals surface area contributed by atoms with E-state index in [1.165, 1.54) is 17.1 Å². The number of anilines is 2. The van der Waals surface area contributed by atoms with Gasteiger partial charge in [-0.3, -0.25) is 48.2 Å². The quantitative estimate of drug-likeness (QED) is 0.0322. The number of nitrogens with two attached hydrogens (primary N) is 1. The zero-order valence-corrected chi connectivity index (χ0v) is 45.3. The second-order valence-electron chi connectivity index (χ2n) is 21.1. The maximum Gasteiger partial charge on any atom is 0.408 e. The topological polar surface area (TPSA) is 326 Å². The van der Waals surface area contributed by atoms with Crippen LogP contribution in [-0.4, -0.2) is 137 Å². The number of ether oxygens (including phenoxy) is 2. The van der Waals surface area contributed by atoms with Crippen LogP contribution in [0.25, 0.3) is 0 Å². The molecule has 0 bridgehead atoms. The molecule has 2 atom stereocenters. The highest BCUT2D eigenvalue weighted by Gasteiger charge is 2.51. The number of primary amides is 1. The first-order chi connectivity index (χ1) is 37.8. The number of nitrogens with zero attached hydrogens (tertiary/aromatic N) is 3. The third-order valence-electron chi connectivity index (χ3n) is 14.1. The van der Waals surface area contributed by atoms with Crippen molar-refractivity contribution in [2.75, 3.05) is 50.0 Å². The summed E-state index contributed by atoms with van der Waals surface area (Å²) < 4.78 is 10.6. The Morgan fingerprint density at radius 3 is 2.06 bits per heavy atom. The van der Waals surface area contributed by atoms with Gasteiger partial charge in [0.1, 0.15) is 36.4 Å². The van der Waals surface area contributed by atoms with Crippen molar-refractivity contribution in [3.05, 3.63) is 71.3 Å². The molecule has 428 valence electrons. The molecule has 9 N–H and O–H groups in total. The molecule has 6 rings (SSSR count). The van der Waals surface area contributed by atoms with Gasteiger partial charge in [-0.25, -0.2) is 14.4 Å². The van der Waals surface area contributed by atoms with Gasteiger partial charge in [-0.2, -0.15) is 0 Å². The number of amides is 12. The Hall–Kier alpha value is -8.05. The highest BCUT2D eigenvalue weighted by Crippen LogP contribution is 2.42. The van der Waals surface area contributed by atoms with E-state index in [9.17, 15) is 52.7 Å². The number of fused-ring (bicyclic) bond motifs is 1. The van der Waals surface area contributed by atoms with Crippen molar-refractivity contribution in [2.24, 2.45) is 11.1 Å². The zero-order valence-electron chi connectivity index (χ0n) is 45.3. The molecule has 1 unspecified atom stereocenters. The summed E-state index contributed by atoms with van der Waals surface area (Å²) >= 11 is 0. The molecule has 1 saturated heterocycles. The SMILES string of the molecule is CC(C)(C)OC(=O)NCCCCCCCNc1cccc2c1CN(C1CCC(=O)N(CNC(=O)OCc3ccc(NC(=O)[C@H](CCCNC(N)=O)NC(=O)C4(C(=O)NCCCCCN5C(=O)C=CC5=O)CCC4)cc3)C1=O)C2=O. The fourth-order valence-electron chi connectivity index (χ4n) is 9.58. The van der Waals surface area contributed by atoms with Crippen molar-refractivity contribution in [1.82, 2.24) is 41.3 Å². The molecule has 2 aromatic carbocycles. The van der Waals surface area contributed by atoms with E-state index in [1.807, 2.05) is 26.8 Å². The van der Waals surface area contributed by atoms with E-state index < -0.39 is 77.5 Å². The van der Waals surface area contributed by atoms with Crippen molar-refractivity contribution in [3.63, 3.8) is 0 Å². The molecule has 0 radical (unpaired) electrons. The number of imide groups is 2. The summed E-state index contributed by atoms with van der Waals surface area (Å²) in [5.74, 6) is -3.80. The number of rotatable bonds is 29. The maximum absolute atomic E-state index is 13.8. The minimum atomic E-state index is -1.38. The molecule has 2 fully saturated rings. The van der Waals surface area contributed by atoms with Crippen LogP contribution in [0.5, 0.6) is 0 Å². The van der Waals surface area contributed by atoms with Gasteiger partial charge < -0.3 is 57.3 Å². The van der Waals surface area contributed by atoms with Crippen LogP contribution >= 0.6 is 0 Å². The lowest BCUT2D eigenvalue weighted by Gasteiger charge is -2.39. The molecule has 3 aliphatic heterocycles. The fourth-order valence-corrected chi connectivity index (χ4v) is 9.58. The van der Waals surface area contributed by atoms with Gasteiger partial charge in [0.25, 0.3) is 23.6 Å². The molecular weight excluding hydrogens is 1020 g/mol. The molecule has 12 amide bonds. The number of nitrogens with one attached hydrogen (secondary N) is 7. The highest BCUT2D eigenvalue weighted by molar-refractivity contribution is 6.13. The Balaban J connectivity index is 0.919. The van der Waals surface area contributed by atoms with E-state index in [4.69, 9.17) is 15.2 Å². The Morgan fingerprint density at radius 1 is 0.734 bits per heavy atom. The predicted molar refractivity (Wildman–Crippen MR) is 288 cm³/mol. The number of hydrogen-bond donors (Lipinski definition) is 8. The third-order valence-corrected chi connectivity index (χ3v) is 14.1. The molecule has 24 nitrogen and oxygen atoms in total. The maximum atomic E-state index is 13.8. The van der Waals surface area contributed by atoms with Gasteiger partial charge >= 0.3 is 18.2 Å². The summed E-state index contributed by atoms with van der Waals surface area (Å²) in [6.07, 6.45) is 9.16. The lowest BCUT2D eigenvalue weighted by molar-refractivity contribution is -0.153. The molecule has 0 aromatic heterocycles. The van der Waals surface area contributed by atoms with Crippen LogP contribution in [-0.2, 0) is 56.2 Å². The van der Waals surface area contributed by atoms with Crippen LogP contribution in [0.1, 0.15) is 139 Å². The number of urea groups is 1. The monoisotopic (exact) mass is 1100 g/mol. The average Bonchev–Trinajstić information content (AvgIpc) is 3.99. The Morgan fingerprint density at radius 2 is 1.39 bits per heavy atom. The summed E-state index contributed by atoms with van der Waals surface area (Å²) in [6.45, 7) is 6.82. The lowest BCUT2D eigenvalue weighted by Crippen LogP contribution is -2.58. The predicted octanol–water partition coefficient (Wildman–Crippen LogP) is 4.18. The molecule has 3 heterocycles. The highest BCUT2D eigenvalue weighted by atomic mass is 16.6. The summed E-state index contributed by atoms with van der Waals surface area (Å²) in [6, 6.07) is 8.92. The molecule has 24 heteroatoms. The van der Waals surface area contributed by atoms with Gasteiger partial charge in [-0.05, 0) is 115 Å². The minimum Gasteiger partial charge on any atom is -0.445 e. The summed E-state index contributed by atoms with van der Waals surface area (Å²) in [5, 5.41) is 19.5. The Kier molecular flexibility index (Phi) is 21.7. The number of carbonyl (C=O) groups is 11. The summed E-state index contributed by atoms with van der Waals surface area (Å²) in [4.78, 5) is 144. The van der Waals surface area contributed by atoms with Crippen molar-refractivity contribution < 1.29 is 62.2 Å². The number of piperidine rings is 1. The lowest BCUT2D eigenvalue weighted by atomic mass is 9.67. The number of likely N-dealkylation sites (tertiary alicyclic amines) is 1. The van der Waals surface area contributed by atoms with Crippen LogP contribution in [0, 0.1) is 5.41 Å². The summed E-state index contributed by atoms with van der Waals surface area (Å²) in [7, 11) is 0. The van der Waals surface area contributed by atoms with Crippen LogP contribution < -0.4 is 43.0 Å². The van der Waals surface area contributed by atoms with Crippen LogP contribution in [0.3, 0.4) is 0 Å². The number of carbonyl (C=O) groups excluding carboxylic acids is 11. The second kappa shape index (κ2) is 28.5. The Labute approximate surface area is 459 Å². The largest absolute Gasteiger partial charge is 0.445 e. The average molecular weight is 1100 g/mol. The third kappa shape index (κ3) is 17.2. The number of alkyl carbamates (subject to hydrolysis) is 2. The first-order valence-electron chi connectivity index (χ1n) is 27.2. The van der Waals surface area contributed by atoms with E-state index in [1.54, 1.807) is 36.4 Å². The van der Waals surface area contributed by atoms with Gasteiger partial charge in [0.05, 0.1) is 0 Å². The first-order valence-corrected chi connectivity index (χ1v) is 27.2. The molecule has 2 aromatic rings. The summed E-state index contributed by atoms with van der Waals surface area (Å²) in [5.41, 5.74) is 6.19. The molecule has 1 aliphatic carbocycles. The van der Waals surface area contributed by atoms with E-state index in [2.05, 4.69) is 37.2 Å². The number of unbranched alkanes of at least 4 members (excludes halogenated alkanes) is 6. The van der Waals surface area contributed by atoms with Gasteiger partial charge in [0.2, 0.25) is 23.6 Å². The van der Waals surface area contributed by atoms with Gasteiger partial charge in [-0.1, -0.05) is 43.9 Å². The first kappa shape index (κ1) is 60.2. The molecule has 1 saturated carbocycles. The zero-order chi connectivity index (χ0) is 57.1. The number of hydrogen-bond acceptors (Lipinski definition) is 14. The van der Waals surface area contributed by atoms with E-state index >= 15 is 0 Å². The van der Waals surface area contributed by atoms with Crippen LogP contribution in [0.15, 0.2) is 54.6 Å². The molecular formula is C55H75N11O13. The fraction of sp³-hybridized carbons (Fsp3) is 0.545. The van der Waals surface area contributed by atoms with Crippen LogP contribution in [0.2, 0.25) is 0 Å². The van der Waals surface area contributed by atoms with Crippen molar-refractivity contribution >= 4 is 76.8 Å². The van der Waals surface area contributed by atoms with Crippen LogP contribution in [0.4, 0.5) is 25.8 Å². The van der Waals surface area contributed by atoms with Crippen molar-refractivity contribution in [3.8, 4) is 0 Å². The van der Waals surface area contributed by atoms with E-state index in [-0.39, 0.29) is 89.0 Å². The normalized spacial score (nSPS) is 16.9. The molecule has 79 heavy (non-hydrogen) atoms. The van der Waals surface area contributed by atoms with Crippen molar-refractivity contribution in [2.45, 2.75) is 148 Å². The van der Waals surface area contributed by atoms with E-state index in [0.717, 1.165) is 53.2 Å². The molecule has 4 aliphatic rings. The van der Waals surface area contributed by atoms with Crippen molar-refractivity contribution in [1.29, 1.82) is 0 Å². The minimum absolute atomic E-state index is 0.0206. The van der Waals surface area contributed by atoms with Gasteiger partial charge in [0, 0.05) is 80.3 Å².